The van der Waals surface area contributed by atoms with Gasteiger partial charge in [-0.1, -0.05) is 17.3 Å². The number of carbonyl (C=O) groups is 1. The first-order valence-electron chi connectivity index (χ1n) is 8.14. The molecular formula is C17H22N2O5S. The molecule has 1 unspecified atom stereocenters. The highest BCUT2D eigenvalue weighted by atomic mass is 32.2. The van der Waals surface area contributed by atoms with Crippen LogP contribution in [0.2, 0.25) is 0 Å². The number of benzene rings is 1. The number of hydrogen-bond acceptors (Lipinski definition) is 6. The van der Waals surface area contributed by atoms with Crippen LogP contribution in [0.5, 0.6) is 0 Å². The van der Waals surface area contributed by atoms with Gasteiger partial charge in [0.25, 0.3) is 5.91 Å². The van der Waals surface area contributed by atoms with Gasteiger partial charge in [-0.25, -0.2) is 0 Å². The molecule has 1 amide bonds. The maximum Gasteiger partial charge on any atom is 0.271 e. The van der Waals surface area contributed by atoms with Crippen molar-refractivity contribution in [2.24, 2.45) is 10.9 Å². The molecule has 2 heterocycles. The minimum absolute atomic E-state index is 0.0261. The van der Waals surface area contributed by atoms with Crippen molar-refractivity contribution in [2.45, 2.75) is 29.1 Å². The van der Waals surface area contributed by atoms with E-state index in [4.69, 9.17) is 20.0 Å². The van der Waals surface area contributed by atoms with E-state index in [9.17, 15) is 9.00 Å². The summed E-state index contributed by atoms with van der Waals surface area (Å²) in [6, 6.07) is 6.71. The first-order chi connectivity index (χ1) is 12.0. The monoisotopic (exact) mass is 366 g/mol. The first-order valence-corrected chi connectivity index (χ1v) is 9.93. The van der Waals surface area contributed by atoms with Crippen LogP contribution in [-0.4, -0.2) is 59.5 Å². The Labute approximate surface area is 147 Å². The highest BCUT2D eigenvalue weighted by Gasteiger charge is 2.26. The smallest absolute Gasteiger partial charge is 0.271 e. The Kier molecular flexibility index (Phi) is 5.41. The molecule has 136 valence electrons. The molecule has 1 aromatic rings. The highest BCUT2D eigenvalue weighted by Crippen LogP contribution is 2.23. The van der Waals surface area contributed by atoms with Gasteiger partial charge >= 0.3 is 0 Å². The molecular weight excluding hydrogens is 344 g/mol. The van der Waals surface area contributed by atoms with Gasteiger partial charge in [-0.05, 0) is 24.4 Å². The topological polar surface area (TPSA) is 100 Å². The van der Waals surface area contributed by atoms with Crippen molar-refractivity contribution in [1.82, 2.24) is 0 Å². The van der Waals surface area contributed by atoms with Gasteiger partial charge in [0.1, 0.15) is 0 Å². The van der Waals surface area contributed by atoms with E-state index < -0.39 is 15.4 Å². The summed E-state index contributed by atoms with van der Waals surface area (Å²) in [5.74, 6) is 3.22. The van der Waals surface area contributed by atoms with Crippen molar-refractivity contribution in [3.63, 3.8) is 0 Å². The number of rotatable bonds is 6. The van der Waals surface area contributed by atoms with Crippen LogP contribution in [0, 0.1) is 0 Å². The molecule has 0 radical (unpaired) electrons. The predicted octanol–water partition coefficient (Wildman–Crippen LogP) is 0.546. The Morgan fingerprint density at radius 3 is 2.44 bits per heavy atom. The highest BCUT2D eigenvalue weighted by molar-refractivity contribution is 8.01. The van der Waals surface area contributed by atoms with Gasteiger partial charge < -0.3 is 20.0 Å². The molecule has 2 N–H and O–H groups in total. The Morgan fingerprint density at radius 2 is 1.88 bits per heavy atom. The largest absolute Gasteiger partial charge is 0.389 e. The van der Waals surface area contributed by atoms with Gasteiger partial charge in [-0.2, -0.15) is 0 Å². The quantitative estimate of drug-likeness (QED) is 0.450. The molecule has 8 heteroatoms. The third-order valence-corrected chi connectivity index (χ3v) is 6.89. The van der Waals surface area contributed by atoms with E-state index in [2.05, 4.69) is 11.0 Å². The summed E-state index contributed by atoms with van der Waals surface area (Å²) in [6.07, 6.45) is 1.28. The number of nitrogens with two attached hydrogens (primary N) is 1. The molecule has 0 saturated carbocycles. The van der Waals surface area contributed by atoms with Crippen LogP contribution in [-0.2, 0) is 28.6 Å². The van der Waals surface area contributed by atoms with Crippen LogP contribution in [0.3, 0.4) is 0 Å². The van der Waals surface area contributed by atoms with Gasteiger partial charge in [0.05, 0.1) is 25.1 Å². The fourth-order valence-electron chi connectivity index (χ4n) is 2.81. The van der Waals surface area contributed by atoms with E-state index in [1.165, 1.54) is 0 Å². The summed E-state index contributed by atoms with van der Waals surface area (Å²) in [7, 11) is -2.46. The van der Waals surface area contributed by atoms with Crippen molar-refractivity contribution in [1.29, 1.82) is 0 Å². The minimum atomic E-state index is -2.46. The Hall–Kier alpha value is -1.90. The van der Waals surface area contributed by atoms with E-state index >= 15 is 0 Å². The molecule has 0 spiro atoms. The van der Waals surface area contributed by atoms with Crippen molar-refractivity contribution in [2.75, 3.05) is 26.4 Å². The van der Waals surface area contributed by atoms with Gasteiger partial charge in [0.2, 0.25) is 0 Å². The molecule has 25 heavy (non-hydrogen) atoms. The maximum absolute atomic E-state index is 13.0. The minimum Gasteiger partial charge on any atom is -0.389 e. The molecule has 2 saturated heterocycles. The molecule has 3 rings (SSSR count). The molecule has 0 bridgehead atoms. The van der Waals surface area contributed by atoms with Crippen LogP contribution < -0.4 is 5.73 Å². The molecule has 0 aromatic heterocycles. The predicted molar refractivity (Wildman–Crippen MR) is 95.2 cm³/mol. The molecule has 2 aliphatic rings. The van der Waals surface area contributed by atoms with Crippen LogP contribution in [0.4, 0.5) is 0 Å². The fraction of sp³-hybridized carbons (Fsp3) is 0.471. The lowest BCUT2D eigenvalue weighted by molar-refractivity contribution is -0.112. The lowest BCUT2D eigenvalue weighted by Crippen LogP contribution is -2.26. The van der Waals surface area contributed by atoms with Crippen LogP contribution in [0.1, 0.15) is 18.4 Å². The Bertz CT molecular complexity index is 746. The van der Waals surface area contributed by atoms with Crippen molar-refractivity contribution >= 4 is 27.0 Å². The van der Waals surface area contributed by atoms with E-state index in [1.54, 1.807) is 24.3 Å². The van der Waals surface area contributed by atoms with Crippen molar-refractivity contribution in [3.05, 3.63) is 29.8 Å². The van der Waals surface area contributed by atoms with Gasteiger partial charge in [0.15, 0.2) is 11.8 Å². The number of primary amides is 1. The number of amides is 1. The number of carbonyl (C=O) groups excluding carboxylic acids is 1. The molecule has 2 fully saturated rings. The molecule has 1 aromatic carbocycles. The number of oxime groups is 1. The van der Waals surface area contributed by atoms with Gasteiger partial charge in [-0.15, -0.1) is 0 Å². The summed E-state index contributed by atoms with van der Waals surface area (Å²) in [4.78, 5) is 17.7. The van der Waals surface area contributed by atoms with Gasteiger partial charge in [0, 0.05) is 33.0 Å². The first kappa shape index (κ1) is 17.9. The van der Waals surface area contributed by atoms with Crippen LogP contribution in [0.15, 0.2) is 34.3 Å². The van der Waals surface area contributed by atoms with Crippen molar-refractivity contribution < 1.29 is 23.3 Å². The van der Waals surface area contributed by atoms with Crippen LogP contribution in [0.25, 0.3) is 0 Å². The molecule has 0 aliphatic carbocycles. The zero-order valence-electron chi connectivity index (χ0n) is 13.9. The number of nitrogens with zero attached hydrogens (tertiary/aromatic N) is 1. The zero-order chi connectivity index (χ0) is 17.9. The summed E-state index contributed by atoms with van der Waals surface area (Å²) in [6.45, 7) is 2.12. The van der Waals surface area contributed by atoms with E-state index in [1.807, 2.05) is 0 Å². The zero-order valence-corrected chi connectivity index (χ0v) is 14.7. The second kappa shape index (κ2) is 7.55. The summed E-state index contributed by atoms with van der Waals surface area (Å²) >= 11 is 0. The average Bonchev–Trinajstić information content (AvgIpc) is 3.29. The standard InChI is InChI=1S/C17H22N2O5S/c1-25(21,15-7-9-23-11-15)14-4-2-12(3-5-14)16(17(18)20)19-24-13-6-8-22-10-13/h2-5,13,15H,1,6-11H2,(H2,18,20)/b19-16+/t13-,15+,25?/m1/s1. The lowest BCUT2D eigenvalue weighted by Gasteiger charge is -2.15. The number of ether oxygens (including phenoxy) is 2. The molecule has 3 atom stereocenters. The lowest BCUT2D eigenvalue weighted by atomic mass is 10.1. The van der Waals surface area contributed by atoms with Crippen LogP contribution >= 0.6 is 0 Å². The van der Waals surface area contributed by atoms with Crippen molar-refractivity contribution in [3.8, 4) is 0 Å². The Balaban J connectivity index is 1.79. The third kappa shape index (κ3) is 4.02. The molecule has 7 nitrogen and oxygen atoms in total. The normalized spacial score (nSPS) is 26.3. The van der Waals surface area contributed by atoms with E-state index in [-0.39, 0.29) is 17.1 Å². The second-order valence-electron chi connectivity index (χ2n) is 6.13. The number of hydrogen-bond donors (Lipinski definition) is 1. The summed E-state index contributed by atoms with van der Waals surface area (Å²) in [5, 5.41) is 3.81. The fourth-order valence-corrected chi connectivity index (χ4v) is 4.59. The SMILES string of the molecule is C=S(=O)(c1ccc(/C(=N\O[C@@H]2CCOC2)C(N)=O)cc1)[C@H]1CCOC1. The summed E-state index contributed by atoms with van der Waals surface area (Å²) < 4.78 is 23.5. The average molecular weight is 366 g/mol. The Morgan fingerprint density at radius 1 is 1.20 bits per heavy atom. The van der Waals surface area contributed by atoms with E-state index in [0.717, 1.165) is 12.8 Å². The third-order valence-electron chi connectivity index (χ3n) is 4.37. The summed E-state index contributed by atoms with van der Waals surface area (Å²) in [5.41, 5.74) is 5.94. The van der Waals surface area contributed by atoms with E-state index in [0.29, 0.717) is 36.9 Å². The maximum atomic E-state index is 13.0. The second-order valence-corrected chi connectivity index (χ2v) is 8.72. The van der Waals surface area contributed by atoms with Gasteiger partial charge in [-0.3, -0.25) is 9.00 Å². The molecule has 2 aliphatic heterocycles.